The first-order valence-electron chi connectivity index (χ1n) is 10.4. The number of benzene rings is 1. The third kappa shape index (κ3) is 4.06. The summed E-state index contributed by atoms with van der Waals surface area (Å²) in [4.78, 5) is 16.4. The van der Waals surface area contributed by atoms with Gasteiger partial charge in [-0.15, -0.1) is 11.3 Å². The van der Waals surface area contributed by atoms with E-state index in [4.69, 9.17) is 18.6 Å². The lowest BCUT2D eigenvalue weighted by Crippen LogP contribution is -2.39. The van der Waals surface area contributed by atoms with Crippen molar-refractivity contribution in [2.75, 3.05) is 38.4 Å². The summed E-state index contributed by atoms with van der Waals surface area (Å²) in [6, 6.07) is 11.6. The minimum atomic E-state index is -0.248. The van der Waals surface area contributed by atoms with Crippen LogP contribution in [0.4, 0.5) is 5.00 Å². The zero-order valence-electron chi connectivity index (χ0n) is 17.3. The zero-order valence-corrected chi connectivity index (χ0v) is 18.1. The Balaban J connectivity index is 1.55. The number of aryl methyl sites for hydroxylation is 1. The second-order valence-corrected chi connectivity index (χ2v) is 8.58. The number of anilines is 1. The molecule has 0 bridgehead atoms. The summed E-state index contributed by atoms with van der Waals surface area (Å²) in [6.07, 6.45) is 2.40. The monoisotopic (exact) mass is 440 g/mol. The van der Waals surface area contributed by atoms with Crippen LogP contribution < -0.4 is 14.8 Å². The fraction of sp³-hybridized carbons (Fsp3) is 0.348. The van der Waals surface area contributed by atoms with Crippen molar-refractivity contribution in [1.82, 2.24) is 4.90 Å². The molecule has 0 radical (unpaired) electrons. The van der Waals surface area contributed by atoms with Gasteiger partial charge in [-0.1, -0.05) is 13.0 Å². The highest BCUT2D eigenvalue weighted by atomic mass is 32.1. The van der Waals surface area contributed by atoms with E-state index in [1.165, 1.54) is 11.1 Å². The Labute approximate surface area is 184 Å². The lowest BCUT2D eigenvalue weighted by molar-refractivity contribution is 0.0241. The van der Waals surface area contributed by atoms with Gasteiger partial charge in [0, 0.05) is 23.5 Å². The van der Waals surface area contributed by atoms with Gasteiger partial charge in [-0.05, 0) is 42.3 Å². The quantitative estimate of drug-likeness (QED) is 0.616. The molecule has 8 heteroatoms. The molecule has 4 heterocycles. The number of furan rings is 1. The molecule has 1 fully saturated rings. The molecule has 1 aromatic carbocycles. The number of thiophene rings is 1. The molecule has 0 saturated carbocycles. The lowest BCUT2D eigenvalue weighted by Gasteiger charge is -2.35. The normalized spacial score (nSPS) is 16.9. The highest BCUT2D eigenvalue weighted by molar-refractivity contribution is 7.16. The number of ether oxygens (including phenoxy) is 3. The molecule has 2 aliphatic heterocycles. The summed E-state index contributed by atoms with van der Waals surface area (Å²) >= 11 is 1.61. The van der Waals surface area contributed by atoms with Gasteiger partial charge >= 0.3 is 0 Å². The van der Waals surface area contributed by atoms with E-state index in [0.717, 1.165) is 47.1 Å². The minimum absolute atomic E-state index is 0.0400. The molecule has 1 saturated heterocycles. The van der Waals surface area contributed by atoms with Crippen molar-refractivity contribution in [1.29, 1.82) is 0 Å². The van der Waals surface area contributed by atoms with Crippen LogP contribution in [0.2, 0.25) is 0 Å². The van der Waals surface area contributed by atoms with Crippen LogP contribution in [0.1, 0.15) is 39.5 Å². The number of amides is 1. The Morgan fingerprint density at radius 1 is 1.16 bits per heavy atom. The van der Waals surface area contributed by atoms with Gasteiger partial charge in [0.1, 0.15) is 5.00 Å². The zero-order chi connectivity index (χ0) is 21.2. The molecular weight excluding hydrogens is 416 g/mol. The van der Waals surface area contributed by atoms with Crippen molar-refractivity contribution in [3.8, 4) is 11.5 Å². The van der Waals surface area contributed by atoms with Crippen LogP contribution in [0, 0.1) is 0 Å². The van der Waals surface area contributed by atoms with Gasteiger partial charge in [0.15, 0.2) is 17.3 Å². The van der Waals surface area contributed by atoms with E-state index >= 15 is 0 Å². The summed E-state index contributed by atoms with van der Waals surface area (Å²) < 4.78 is 22.0. The van der Waals surface area contributed by atoms with E-state index in [9.17, 15) is 4.79 Å². The maximum absolute atomic E-state index is 12.7. The molecule has 1 amide bonds. The van der Waals surface area contributed by atoms with Gasteiger partial charge < -0.3 is 23.9 Å². The number of hydrogen-bond acceptors (Lipinski definition) is 7. The van der Waals surface area contributed by atoms with Gasteiger partial charge in [0.2, 0.25) is 6.79 Å². The number of nitrogens with zero attached hydrogens (tertiary/aromatic N) is 1. The molecule has 0 spiro atoms. The Bertz CT molecular complexity index is 1060. The Morgan fingerprint density at radius 3 is 2.77 bits per heavy atom. The second kappa shape index (κ2) is 8.74. The molecular formula is C23H24N2O5S. The van der Waals surface area contributed by atoms with Crippen LogP contribution in [0.25, 0.3) is 0 Å². The first-order valence-corrected chi connectivity index (χ1v) is 11.2. The molecule has 5 rings (SSSR count). The van der Waals surface area contributed by atoms with Crippen molar-refractivity contribution in [2.24, 2.45) is 0 Å². The third-order valence-electron chi connectivity index (χ3n) is 5.55. The maximum Gasteiger partial charge on any atom is 0.291 e. The molecule has 2 aliphatic rings. The average Bonchev–Trinajstić information content (AvgIpc) is 3.56. The van der Waals surface area contributed by atoms with Crippen molar-refractivity contribution < 1.29 is 23.4 Å². The molecule has 1 atom stereocenters. The second-order valence-electron chi connectivity index (χ2n) is 7.45. The van der Waals surface area contributed by atoms with E-state index in [1.807, 2.05) is 12.1 Å². The molecule has 7 nitrogen and oxygen atoms in total. The van der Waals surface area contributed by atoms with Crippen LogP contribution in [-0.2, 0) is 11.2 Å². The number of nitrogens with one attached hydrogen (secondary N) is 1. The molecule has 1 N–H and O–H groups in total. The van der Waals surface area contributed by atoms with Crippen molar-refractivity contribution >= 4 is 22.2 Å². The van der Waals surface area contributed by atoms with E-state index in [-0.39, 0.29) is 18.7 Å². The van der Waals surface area contributed by atoms with Crippen molar-refractivity contribution in [3.63, 3.8) is 0 Å². The molecule has 162 valence electrons. The highest BCUT2D eigenvalue weighted by Gasteiger charge is 2.30. The Morgan fingerprint density at radius 2 is 2.00 bits per heavy atom. The molecule has 31 heavy (non-hydrogen) atoms. The van der Waals surface area contributed by atoms with Crippen LogP contribution in [-0.4, -0.2) is 43.9 Å². The number of fused-ring (bicyclic) bond motifs is 1. The minimum Gasteiger partial charge on any atom is -0.459 e. The van der Waals surface area contributed by atoms with Crippen LogP contribution >= 0.6 is 11.3 Å². The largest absolute Gasteiger partial charge is 0.459 e. The lowest BCUT2D eigenvalue weighted by atomic mass is 9.97. The van der Waals surface area contributed by atoms with Crippen molar-refractivity contribution in [3.05, 3.63) is 64.4 Å². The van der Waals surface area contributed by atoms with E-state index in [1.54, 1.807) is 23.5 Å². The number of carbonyl (C=O) groups is 1. The smallest absolute Gasteiger partial charge is 0.291 e. The number of rotatable bonds is 6. The van der Waals surface area contributed by atoms with Gasteiger partial charge in [-0.25, -0.2) is 0 Å². The Kier molecular flexibility index (Phi) is 5.67. The summed E-state index contributed by atoms with van der Waals surface area (Å²) in [5.41, 5.74) is 2.17. The predicted octanol–water partition coefficient (Wildman–Crippen LogP) is 4.31. The Hall–Kier alpha value is -2.81. The maximum atomic E-state index is 12.7. The summed E-state index contributed by atoms with van der Waals surface area (Å²) in [5.74, 6) is 1.56. The van der Waals surface area contributed by atoms with Crippen molar-refractivity contribution in [2.45, 2.75) is 19.4 Å². The topological polar surface area (TPSA) is 73.2 Å². The first kappa shape index (κ1) is 20.1. The van der Waals surface area contributed by atoms with Crippen LogP contribution in [0.3, 0.4) is 0 Å². The van der Waals surface area contributed by atoms with Crippen LogP contribution in [0.5, 0.6) is 11.5 Å². The van der Waals surface area contributed by atoms with E-state index in [2.05, 4.69) is 29.3 Å². The van der Waals surface area contributed by atoms with Gasteiger partial charge in [-0.3, -0.25) is 9.69 Å². The fourth-order valence-electron chi connectivity index (χ4n) is 4.01. The third-order valence-corrected chi connectivity index (χ3v) is 6.76. The van der Waals surface area contributed by atoms with Gasteiger partial charge in [-0.2, -0.15) is 0 Å². The van der Waals surface area contributed by atoms with Gasteiger partial charge in [0.05, 0.1) is 25.5 Å². The van der Waals surface area contributed by atoms with E-state index < -0.39 is 0 Å². The average molecular weight is 441 g/mol. The SMILES string of the molecule is CCc1cc(C(c2ccc3c(c2)OCO3)N2CCOCC2)c(NC(=O)c2ccco2)s1. The number of carbonyl (C=O) groups excluding carboxylic acids is 1. The number of hydrogen-bond donors (Lipinski definition) is 1. The summed E-state index contributed by atoms with van der Waals surface area (Å²) in [6.45, 7) is 5.34. The molecule has 2 aromatic heterocycles. The summed E-state index contributed by atoms with van der Waals surface area (Å²) in [7, 11) is 0. The van der Waals surface area contributed by atoms with Gasteiger partial charge in [0.25, 0.3) is 5.91 Å². The molecule has 0 aliphatic carbocycles. The standard InChI is InChI=1S/C23H24N2O5S/c1-2-16-13-17(23(31-16)24-22(26)19-4-3-9-28-19)21(25-7-10-27-11-8-25)15-5-6-18-20(12-15)30-14-29-18/h3-6,9,12-13,21H,2,7-8,10-11,14H2,1H3,(H,24,26). The fourth-order valence-corrected chi connectivity index (χ4v) is 5.04. The first-order chi connectivity index (χ1) is 15.2. The van der Waals surface area contributed by atoms with E-state index in [0.29, 0.717) is 19.0 Å². The molecule has 1 unspecified atom stereocenters. The molecule has 3 aromatic rings. The predicted molar refractivity (Wildman–Crippen MR) is 117 cm³/mol. The highest BCUT2D eigenvalue weighted by Crippen LogP contribution is 2.42. The van der Waals surface area contributed by atoms with Crippen LogP contribution in [0.15, 0.2) is 47.1 Å². The summed E-state index contributed by atoms with van der Waals surface area (Å²) in [5, 5.41) is 3.92. The number of morpholine rings is 1.